The molecule has 114 valence electrons. The second kappa shape index (κ2) is 8.08. The Bertz CT molecular complexity index is 488. The van der Waals surface area contributed by atoms with Gasteiger partial charge < -0.3 is 15.2 Å². The number of benzene rings is 1. The number of anilines is 1. The van der Waals surface area contributed by atoms with E-state index in [9.17, 15) is 8.42 Å². The van der Waals surface area contributed by atoms with Crippen LogP contribution in [0.5, 0.6) is 5.75 Å². The van der Waals surface area contributed by atoms with Gasteiger partial charge in [-0.15, -0.1) is 0 Å². The zero-order valence-corrected chi connectivity index (χ0v) is 12.7. The van der Waals surface area contributed by atoms with Gasteiger partial charge in [0.2, 0.25) is 10.0 Å². The van der Waals surface area contributed by atoms with Crippen molar-refractivity contribution >= 4 is 15.7 Å². The fourth-order valence-corrected chi connectivity index (χ4v) is 2.63. The summed E-state index contributed by atoms with van der Waals surface area (Å²) in [5.74, 6) is 0.491. The van der Waals surface area contributed by atoms with Gasteiger partial charge in [-0.1, -0.05) is 0 Å². The first-order chi connectivity index (χ1) is 9.43. The third-order valence-electron chi connectivity index (χ3n) is 2.45. The Morgan fingerprint density at radius 3 is 2.55 bits per heavy atom. The van der Waals surface area contributed by atoms with Gasteiger partial charge in [-0.3, -0.25) is 0 Å². The molecule has 0 aliphatic carbocycles. The Kier molecular flexibility index (Phi) is 6.77. The van der Waals surface area contributed by atoms with E-state index in [4.69, 9.17) is 15.2 Å². The largest absolute Gasteiger partial charge is 0.492 e. The van der Waals surface area contributed by atoms with Crippen molar-refractivity contribution in [1.29, 1.82) is 0 Å². The van der Waals surface area contributed by atoms with E-state index in [-0.39, 0.29) is 18.4 Å². The van der Waals surface area contributed by atoms with Crippen molar-refractivity contribution in [2.75, 3.05) is 31.3 Å². The van der Waals surface area contributed by atoms with E-state index in [1.807, 2.05) is 6.92 Å². The fraction of sp³-hybridized carbons (Fsp3) is 0.538. The zero-order chi connectivity index (χ0) is 15.0. The van der Waals surface area contributed by atoms with Crippen LogP contribution >= 0.6 is 0 Å². The summed E-state index contributed by atoms with van der Waals surface area (Å²) in [5.41, 5.74) is 6.18. The Balaban J connectivity index is 2.34. The molecule has 3 N–H and O–H groups in total. The summed E-state index contributed by atoms with van der Waals surface area (Å²) in [4.78, 5) is 0. The zero-order valence-electron chi connectivity index (χ0n) is 11.8. The molecule has 0 spiro atoms. The van der Waals surface area contributed by atoms with Gasteiger partial charge in [-0.2, -0.15) is 0 Å². The summed E-state index contributed by atoms with van der Waals surface area (Å²) >= 11 is 0. The summed E-state index contributed by atoms with van der Waals surface area (Å²) in [5, 5.41) is 0. The molecule has 0 fully saturated rings. The minimum Gasteiger partial charge on any atom is -0.492 e. The van der Waals surface area contributed by atoms with Crippen LogP contribution in [-0.2, 0) is 14.8 Å². The third-order valence-corrected chi connectivity index (χ3v) is 3.92. The lowest BCUT2D eigenvalue weighted by Crippen LogP contribution is -2.38. The van der Waals surface area contributed by atoms with Crippen molar-refractivity contribution in [2.45, 2.75) is 19.9 Å². The van der Waals surface area contributed by atoms with Gasteiger partial charge in [0.25, 0.3) is 0 Å². The normalized spacial score (nSPS) is 13.1. The number of hydrogen-bond donors (Lipinski definition) is 2. The number of ether oxygens (including phenoxy) is 2. The minimum atomic E-state index is -3.37. The van der Waals surface area contributed by atoms with Gasteiger partial charge in [0.15, 0.2) is 0 Å². The monoisotopic (exact) mass is 302 g/mol. The Labute approximate surface area is 120 Å². The van der Waals surface area contributed by atoms with E-state index in [1.54, 1.807) is 31.2 Å². The standard InChI is InChI=1S/C13H22N2O4S/c1-3-18-10-11(2)15-20(16,17)9-8-19-13-6-4-12(14)5-7-13/h4-7,11,15H,3,8-10,14H2,1-2H3. The summed E-state index contributed by atoms with van der Waals surface area (Å²) in [6.45, 7) is 4.62. The van der Waals surface area contributed by atoms with Crippen LogP contribution in [0.3, 0.4) is 0 Å². The molecule has 1 rings (SSSR count). The van der Waals surface area contributed by atoms with Crippen LogP contribution in [0.2, 0.25) is 0 Å². The highest BCUT2D eigenvalue weighted by Crippen LogP contribution is 2.12. The SMILES string of the molecule is CCOCC(C)NS(=O)(=O)CCOc1ccc(N)cc1. The molecule has 1 aromatic rings. The van der Waals surface area contributed by atoms with Crippen molar-refractivity contribution in [3.63, 3.8) is 0 Å². The van der Waals surface area contributed by atoms with Gasteiger partial charge in [0.1, 0.15) is 12.4 Å². The average Bonchev–Trinajstić information content (AvgIpc) is 2.38. The third kappa shape index (κ3) is 6.74. The maximum atomic E-state index is 11.8. The topological polar surface area (TPSA) is 90.6 Å². The number of sulfonamides is 1. The average molecular weight is 302 g/mol. The molecule has 1 atom stereocenters. The van der Waals surface area contributed by atoms with Crippen LogP contribution in [0.4, 0.5) is 5.69 Å². The molecule has 1 unspecified atom stereocenters. The quantitative estimate of drug-likeness (QED) is 0.664. The van der Waals surface area contributed by atoms with E-state index < -0.39 is 10.0 Å². The van der Waals surface area contributed by atoms with Crippen LogP contribution in [0.15, 0.2) is 24.3 Å². The summed E-state index contributed by atoms with van der Waals surface area (Å²) in [7, 11) is -3.37. The predicted octanol–water partition coefficient (Wildman–Crippen LogP) is 0.992. The summed E-state index contributed by atoms with van der Waals surface area (Å²) in [6.07, 6.45) is 0. The van der Waals surface area contributed by atoms with Crippen molar-refractivity contribution in [2.24, 2.45) is 0 Å². The second-order valence-corrected chi connectivity index (χ2v) is 6.29. The van der Waals surface area contributed by atoms with E-state index in [0.717, 1.165) is 0 Å². The molecule has 20 heavy (non-hydrogen) atoms. The highest BCUT2D eigenvalue weighted by molar-refractivity contribution is 7.89. The first-order valence-electron chi connectivity index (χ1n) is 6.49. The fourth-order valence-electron chi connectivity index (χ4n) is 1.53. The van der Waals surface area contributed by atoms with Crippen LogP contribution in [0, 0.1) is 0 Å². The molecule has 0 aliphatic rings. The van der Waals surface area contributed by atoms with Gasteiger partial charge >= 0.3 is 0 Å². The van der Waals surface area contributed by atoms with Crippen molar-refractivity contribution in [3.05, 3.63) is 24.3 Å². The highest BCUT2D eigenvalue weighted by atomic mass is 32.2. The van der Waals surface area contributed by atoms with Gasteiger partial charge in [-0.05, 0) is 38.1 Å². The molecule has 0 radical (unpaired) electrons. The second-order valence-electron chi connectivity index (χ2n) is 4.41. The van der Waals surface area contributed by atoms with Crippen LogP contribution in [-0.4, -0.2) is 40.0 Å². The lowest BCUT2D eigenvalue weighted by Gasteiger charge is -2.14. The molecule has 0 aliphatic heterocycles. The van der Waals surface area contributed by atoms with Gasteiger partial charge in [-0.25, -0.2) is 13.1 Å². The van der Waals surface area contributed by atoms with Crippen molar-refractivity contribution in [3.8, 4) is 5.75 Å². The van der Waals surface area contributed by atoms with Gasteiger partial charge in [0.05, 0.1) is 12.4 Å². The molecule has 0 saturated heterocycles. The van der Waals surface area contributed by atoms with E-state index in [1.165, 1.54) is 0 Å². The molecule has 7 heteroatoms. The first kappa shape index (κ1) is 16.7. The van der Waals surface area contributed by atoms with E-state index >= 15 is 0 Å². The highest BCUT2D eigenvalue weighted by Gasteiger charge is 2.14. The first-order valence-corrected chi connectivity index (χ1v) is 8.14. The molecular formula is C13H22N2O4S. The molecule has 0 saturated carbocycles. The lowest BCUT2D eigenvalue weighted by atomic mass is 10.3. The van der Waals surface area contributed by atoms with Crippen molar-refractivity contribution in [1.82, 2.24) is 4.72 Å². The van der Waals surface area contributed by atoms with Gasteiger partial charge in [0, 0.05) is 18.3 Å². The maximum Gasteiger partial charge on any atom is 0.215 e. The Morgan fingerprint density at radius 1 is 1.30 bits per heavy atom. The molecular weight excluding hydrogens is 280 g/mol. The van der Waals surface area contributed by atoms with Crippen LogP contribution < -0.4 is 15.2 Å². The molecule has 0 amide bonds. The van der Waals surface area contributed by atoms with Crippen LogP contribution in [0.1, 0.15) is 13.8 Å². The van der Waals surface area contributed by atoms with E-state index in [2.05, 4.69) is 4.72 Å². The number of nitrogens with one attached hydrogen (secondary N) is 1. The Hall–Kier alpha value is -1.31. The lowest BCUT2D eigenvalue weighted by molar-refractivity contribution is 0.133. The maximum absolute atomic E-state index is 11.8. The Morgan fingerprint density at radius 2 is 1.95 bits per heavy atom. The molecule has 0 heterocycles. The smallest absolute Gasteiger partial charge is 0.215 e. The molecule has 0 aromatic heterocycles. The number of rotatable bonds is 9. The summed E-state index contributed by atoms with van der Waals surface area (Å²) in [6, 6.07) is 6.55. The van der Waals surface area contributed by atoms with E-state index in [0.29, 0.717) is 24.7 Å². The van der Waals surface area contributed by atoms with Crippen molar-refractivity contribution < 1.29 is 17.9 Å². The molecule has 1 aromatic carbocycles. The summed E-state index contributed by atoms with van der Waals surface area (Å²) < 4.78 is 36.6. The number of nitrogen functional groups attached to an aromatic ring is 1. The molecule has 0 bridgehead atoms. The van der Waals surface area contributed by atoms with Crippen LogP contribution in [0.25, 0.3) is 0 Å². The number of nitrogens with two attached hydrogens (primary N) is 1. The number of hydrogen-bond acceptors (Lipinski definition) is 5. The minimum absolute atomic E-state index is 0.0839. The predicted molar refractivity (Wildman–Crippen MR) is 79.2 cm³/mol. The molecule has 6 nitrogen and oxygen atoms in total.